The number of benzene rings is 6. The van der Waals surface area contributed by atoms with E-state index < -0.39 is 5.41 Å². The van der Waals surface area contributed by atoms with Crippen LogP contribution in [0.1, 0.15) is 27.8 Å². The first-order chi connectivity index (χ1) is 23.7. The third kappa shape index (κ3) is 5.60. The molecule has 0 N–H and O–H groups in total. The summed E-state index contributed by atoms with van der Waals surface area (Å²) in [6.45, 7) is 2.45. The first-order valence-electron chi connectivity index (χ1n) is 16.5. The molecule has 0 amide bonds. The second-order valence-corrected chi connectivity index (χ2v) is 12.4. The molecule has 2 aliphatic rings. The summed E-state index contributed by atoms with van der Waals surface area (Å²) in [5.74, 6) is 0. The molecule has 0 saturated carbocycles. The SMILES string of the molecule is CN1[CH-][C@]2(c3ccccc3)C(c3ccccc3)=C(c3ccccc3)C(c3ccccc3)=C2c2ccccc21.Cn1c[c-]c2ccccc21.[Pd+2]. The Morgan fingerprint density at radius 2 is 1.00 bits per heavy atom. The van der Waals surface area contributed by atoms with E-state index in [4.69, 9.17) is 0 Å². The van der Waals surface area contributed by atoms with Crippen molar-refractivity contribution in [1.82, 2.24) is 4.57 Å². The quantitative estimate of drug-likeness (QED) is 0.130. The van der Waals surface area contributed by atoms with Gasteiger partial charge in [0, 0.05) is 5.69 Å². The normalized spacial score (nSPS) is 16.4. The van der Waals surface area contributed by atoms with Crippen molar-refractivity contribution < 1.29 is 20.4 Å². The van der Waals surface area contributed by atoms with Crippen molar-refractivity contribution in [2.45, 2.75) is 5.41 Å². The van der Waals surface area contributed by atoms with Crippen molar-refractivity contribution in [2.75, 3.05) is 11.9 Å². The molecule has 6 aromatic carbocycles. The fourth-order valence-electron chi connectivity index (χ4n) is 7.57. The van der Waals surface area contributed by atoms with Gasteiger partial charge in [0.25, 0.3) is 0 Å². The van der Waals surface area contributed by atoms with Gasteiger partial charge in [-0.25, -0.2) is 6.54 Å². The van der Waals surface area contributed by atoms with E-state index >= 15 is 0 Å². The first kappa shape index (κ1) is 32.4. The maximum absolute atomic E-state index is 3.15. The minimum absolute atomic E-state index is 0. The van der Waals surface area contributed by atoms with Crippen molar-refractivity contribution in [3.8, 4) is 0 Å². The first-order valence-corrected chi connectivity index (χ1v) is 16.5. The molecular weight excluding hydrogens is 687 g/mol. The van der Waals surface area contributed by atoms with Gasteiger partial charge in [-0.3, -0.25) is 0 Å². The molecule has 2 nitrogen and oxygen atoms in total. The zero-order valence-corrected chi connectivity index (χ0v) is 29.1. The van der Waals surface area contributed by atoms with Gasteiger partial charge >= 0.3 is 20.4 Å². The Hall–Kier alpha value is -5.20. The van der Waals surface area contributed by atoms with E-state index in [2.05, 4.69) is 187 Å². The Kier molecular flexibility index (Phi) is 9.07. The smallest absolute Gasteiger partial charge is 0.523 e. The Bertz CT molecular complexity index is 2270. The van der Waals surface area contributed by atoms with E-state index in [0.717, 1.165) is 0 Å². The van der Waals surface area contributed by atoms with Gasteiger partial charge in [-0.15, -0.1) is 6.07 Å². The van der Waals surface area contributed by atoms with Gasteiger partial charge < -0.3 is 9.47 Å². The second kappa shape index (κ2) is 13.7. The average Bonchev–Trinajstić information content (AvgIpc) is 3.69. The number of anilines is 1. The van der Waals surface area contributed by atoms with E-state index in [1.165, 1.54) is 66.7 Å². The van der Waals surface area contributed by atoms with E-state index in [1.807, 2.05) is 25.4 Å². The maximum Gasteiger partial charge on any atom is 2.00 e. The van der Waals surface area contributed by atoms with Crippen LogP contribution in [0.25, 0.3) is 33.2 Å². The number of aromatic nitrogens is 1. The van der Waals surface area contributed by atoms with Crippen LogP contribution in [-0.2, 0) is 32.9 Å². The summed E-state index contributed by atoms with van der Waals surface area (Å²) in [6, 6.07) is 64.0. The number of rotatable bonds is 4. The van der Waals surface area contributed by atoms with E-state index in [-0.39, 0.29) is 20.4 Å². The molecule has 1 aliphatic carbocycles. The number of fused-ring (bicyclic) bond motifs is 4. The molecule has 3 heteroatoms. The fourth-order valence-corrected chi connectivity index (χ4v) is 7.57. The summed E-state index contributed by atoms with van der Waals surface area (Å²) < 4.78 is 2.06. The van der Waals surface area contributed by atoms with E-state index in [0.29, 0.717) is 0 Å². The van der Waals surface area contributed by atoms with Crippen LogP contribution in [0.5, 0.6) is 0 Å². The Morgan fingerprint density at radius 1 is 0.510 bits per heavy atom. The Morgan fingerprint density at radius 3 is 1.61 bits per heavy atom. The molecule has 49 heavy (non-hydrogen) atoms. The number of aryl methyl sites for hydroxylation is 1. The van der Waals surface area contributed by atoms with Crippen molar-refractivity contribution >= 4 is 38.9 Å². The summed E-state index contributed by atoms with van der Waals surface area (Å²) >= 11 is 0. The Labute approximate surface area is 303 Å². The molecule has 0 fully saturated rings. The summed E-state index contributed by atoms with van der Waals surface area (Å²) in [5, 5.41) is 1.19. The third-order valence-electron chi connectivity index (χ3n) is 9.59. The predicted octanol–water partition coefficient (Wildman–Crippen LogP) is 10.7. The van der Waals surface area contributed by atoms with Gasteiger partial charge in [0.1, 0.15) is 0 Å². The van der Waals surface area contributed by atoms with Crippen LogP contribution in [0.2, 0.25) is 0 Å². The van der Waals surface area contributed by atoms with Crippen LogP contribution in [0, 0.1) is 12.6 Å². The van der Waals surface area contributed by atoms with Crippen LogP contribution in [0.15, 0.2) is 176 Å². The van der Waals surface area contributed by atoms with Crippen molar-refractivity contribution in [3.63, 3.8) is 0 Å². The minimum Gasteiger partial charge on any atom is -0.523 e. The van der Waals surface area contributed by atoms with Crippen LogP contribution in [0.4, 0.5) is 5.69 Å². The molecule has 240 valence electrons. The summed E-state index contributed by atoms with van der Waals surface area (Å²) in [6.07, 6.45) is 1.95. The maximum atomic E-state index is 3.15. The number of nitrogens with zero attached hydrogens (tertiary/aromatic N) is 2. The molecule has 0 spiro atoms. The monoisotopic (exact) mass is 722 g/mol. The third-order valence-corrected chi connectivity index (χ3v) is 9.59. The molecule has 9 rings (SSSR count). The zero-order chi connectivity index (χ0) is 32.5. The number of hydrogen-bond acceptors (Lipinski definition) is 1. The average molecular weight is 723 g/mol. The van der Waals surface area contributed by atoms with Crippen LogP contribution < -0.4 is 4.90 Å². The number of hydrogen-bond donors (Lipinski definition) is 0. The summed E-state index contributed by atoms with van der Waals surface area (Å²) in [7, 11) is 4.21. The summed E-state index contributed by atoms with van der Waals surface area (Å²) in [4.78, 5) is 2.32. The van der Waals surface area contributed by atoms with Crippen LogP contribution >= 0.6 is 0 Å². The predicted molar refractivity (Wildman–Crippen MR) is 202 cm³/mol. The minimum atomic E-state index is -0.470. The van der Waals surface area contributed by atoms with E-state index in [1.54, 1.807) is 0 Å². The zero-order valence-electron chi connectivity index (χ0n) is 27.5. The van der Waals surface area contributed by atoms with Gasteiger partial charge in [-0.1, -0.05) is 174 Å². The largest absolute Gasteiger partial charge is 2.00 e. The standard InChI is InChI=1S/C37H28N.C9H8N.Pd/c1-38-26-37(30-22-12-5-13-23-30)35(29-20-10-4-11-21-29)33(27-16-6-2-7-17-27)34(28-18-8-3-9-19-28)36(37)31-24-14-15-25-32(31)38;1-10-7-6-8-4-2-3-5-9(8)10;/h2-26H,1H3;2-5,7H,1H3;/q2*-1;+2/t37-;;/m0../s1. The van der Waals surface area contributed by atoms with Gasteiger partial charge in [0.15, 0.2) is 0 Å². The molecule has 1 atom stereocenters. The molecular formula is C46H36N2Pd. The molecule has 0 radical (unpaired) electrons. The topological polar surface area (TPSA) is 8.17 Å². The molecule has 0 unspecified atom stereocenters. The molecule has 0 bridgehead atoms. The van der Waals surface area contributed by atoms with Gasteiger partial charge in [-0.05, 0) is 64.7 Å². The number of allylic oxidation sites excluding steroid dienone is 2. The molecule has 1 aromatic heterocycles. The fraction of sp³-hybridized carbons (Fsp3) is 0.0652. The van der Waals surface area contributed by atoms with Gasteiger partial charge in [0.2, 0.25) is 0 Å². The molecule has 0 saturated heterocycles. The molecule has 1 aliphatic heterocycles. The van der Waals surface area contributed by atoms with E-state index in [9.17, 15) is 0 Å². The number of likely N-dealkylation sites (N-methyl/N-ethyl adjacent to an activating group) is 1. The second-order valence-electron chi connectivity index (χ2n) is 12.4. The van der Waals surface area contributed by atoms with Crippen LogP contribution in [0.3, 0.4) is 0 Å². The van der Waals surface area contributed by atoms with Crippen molar-refractivity contribution in [1.29, 1.82) is 0 Å². The van der Waals surface area contributed by atoms with Crippen LogP contribution in [-0.4, -0.2) is 11.6 Å². The van der Waals surface area contributed by atoms with Gasteiger partial charge in [-0.2, -0.15) is 17.5 Å². The number of para-hydroxylation sites is 2. The van der Waals surface area contributed by atoms with Crippen molar-refractivity contribution in [2.24, 2.45) is 7.05 Å². The Balaban J connectivity index is 0.000000294. The summed E-state index contributed by atoms with van der Waals surface area (Å²) in [5.41, 5.74) is 13.5. The molecule has 2 heterocycles. The molecule has 7 aromatic rings. The van der Waals surface area contributed by atoms with Gasteiger partial charge in [0.05, 0.1) is 0 Å². The van der Waals surface area contributed by atoms with Crippen molar-refractivity contribution in [3.05, 3.63) is 216 Å².